The Kier molecular flexibility index (Phi) is 4.76. The number of thiophene rings is 1. The Morgan fingerprint density at radius 1 is 1.08 bits per heavy atom. The normalized spacial score (nSPS) is 15.0. The quantitative estimate of drug-likeness (QED) is 0.681. The van der Waals surface area contributed by atoms with Gasteiger partial charge in [-0.1, -0.05) is 0 Å². The van der Waals surface area contributed by atoms with Gasteiger partial charge in [0.05, 0.1) is 24.3 Å². The van der Waals surface area contributed by atoms with E-state index in [0.29, 0.717) is 6.54 Å². The van der Waals surface area contributed by atoms with E-state index in [4.69, 9.17) is 0 Å². The van der Waals surface area contributed by atoms with Crippen molar-refractivity contribution in [2.24, 2.45) is 0 Å². The number of likely N-dealkylation sites (tertiary alicyclic amines) is 1. The minimum atomic E-state index is -0.0295. The van der Waals surface area contributed by atoms with E-state index in [2.05, 4.69) is 27.1 Å². The van der Waals surface area contributed by atoms with Gasteiger partial charge in [-0.15, -0.1) is 11.3 Å². The molecule has 1 aliphatic rings. The molecule has 0 unspecified atom stereocenters. The Morgan fingerprint density at radius 2 is 1.96 bits per heavy atom. The fourth-order valence-corrected chi connectivity index (χ4v) is 4.13. The molecule has 25 heavy (non-hydrogen) atoms. The van der Waals surface area contributed by atoms with Gasteiger partial charge in [0.25, 0.3) is 5.56 Å². The van der Waals surface area contributed by atoms with Gasteiger partial charge >= 0.3 is 0 Å². The molecule has 0 aromatic carbocycles. The van der Waals surface area contributed by atoms with Crippen molar-refractivity contribution in [2.45, 2.75) is 25.9 Å². The van der Waals surface area contributed by atoms with Crippen LogP contribution in [-0.4, -0.2) is 43.9 Å². The summed E-state index contributed by atoms with van der Waals surface area (Å²) >= 11 is 1.71. The van der Waals surface area contributed by atoms with E-state index in [0.717, 1.165) is 36.8 Å². The van der Waals surface area contributed by atoms with Crippen LogP contribution >= 0.6 is 11.3 Å². The Labute approximate surface area is 150 Å². The molecular weight excluding hydrogens is 334 g/mol. The second-order valence-electron chi connectivity index (χ2n) is 6.33. The highest BCUT2D eigenvalue weighted by Crippen LogP contribution is 2.26. The van der Waals surface area contributed by atoms with E-state index >= 15 is 0 Å². The fourth-order valence-electron chi connectivity index (χ4n) is 3.14. The first-order valence-corrected chi connectivity index (χ1v) is 9.45. The minimum absolute atomic E-state index is 0.0295. The van der Waals surface area contributed by atoms with Crippen LogP contribution in [0.25, 0.3) is 10.6 Å². The van der Waals surface area contributed by atoms with Crippen LogP contribution in [0, 0.1) is 0 Å². The fraction of sp³-hybridized carbons (Fsp3) is 0.389. The molecule has 3 aromatic heterocycles. The van der Waals surface area contributed by atoms with Crippen molar-refractivity contribution in [3.63, 3.8) is 0 Å². The lowest BCUT2D eigenvalue weighted by molar-refractivity contribution is 0.312. The lowest BCUT2D eigenvalue weighted by atomic mass is 10.3. The standard InChI is InChI=1S/C18H21N5OS/c24-18-6-4-16(20-23(18)12-11-21-8-1-2-9-21)17-5-3-15(25-17)13-22-10-7-19-14-22/h3-7,10,14H,1-2,8-9,11-13H2. The zero-order valence-electron chi connectivity index (χ0n) is 14.0. The molecule has 0 atom stereocenters. The van der Waals surface area contributed by atoms with Crippen molar-refractivity contribution in [3.05, 3.63) is 58.2 Å². The predicted molar refractivity (Wildman–Crippen MR) is 98.8 cm³/mol. The van der Waals surface area contributed by atoms with Crippen molar-refractivity contribution in [3.8, 4) is 10.6 Å². The van der Waals surface area contributed by atoms with Crippen LogP contribution in [0.3, 0.4) is 0 Å². The van der Waals surface area contributed by atoms with Crippen LogP contribution < -0.4 is 5.56 Å². The van der Waals surface area contributed by atoms with Gasteiger partial charge in [-0.05, 0) is 44.1 Å². The number of hydrogen-bond acceptors (Lipinski definition) is 5. The second-order valence-corrected chi connectivity index (χ2v) is 7.50. The molecule has 0 spiro atoms. The molecule has 0 amide bonds. The van der Waals surface area contributed by atoms with Crippen LogP contribution in [0.2, 0.25) is 0 Å². The SMILES string of the molecule is O=c1ccc(-c2ccc(Cn3ccnc3)s2)nn1CCN1CCCC1. The van der Waals surface area contributed by atoms with Gasteiger partial charge in [0, 0.05) is 29.9 Å². The van der Waals surface area contributed by atoms with Crippen LogP contribution in [0.15, 0.2) is 47.8 Å². The van der Waals surface area contributed by atoms with Crippen LogP contribution in [0.4, 0.5) is 0 Å². The molecule has 130 valence electrons. The molecule has 1 fully saturated rings. The van der Waals surface area contributed by atoms with Crippen LogP contribution in [-0.2, 0) is 13.1 Å². The van der Waals surface area contributed by atoms with Gasteiger partial charge in [-0.3, -0.25) is 4.79 Å². The largest absolute Gasteiger partial charge is 0.332 e. The number of imidazole rings is 1. The molecule has 0 N–H and O–H groups in total. The molecule has 1 aliphatic heterocycles. The first kappa shape index (κ1) is 16.2. The van der Waals surface area contributed by atoms with Gasteiger partial charge < -0.3 is 9.47 Å². The summed E-state index contributed by atoms with van der Waals surface area (Å²) < 4.78 is 3.64. The highest BCUT2D eigenvalue weighted by atomic mass is 32.1. The minimum Gasteiger partial charge on any atom is -0.332 e. The van der Waals surface area contributed by atoms with Crippen molar-refractivity contribution in [1.29, 1.82) is 0 Å². The van der Waals surface area contributed by atoms with E-state index in [1.54, 1.807) is 28.3 Å². The molecular formula is C18H21N5OS. The molecule has 0 aliphatic carbocycles. The number of hydrogen-bond donors (Lipinski definition) is 0. The molecule has 4 rings (SSSR count). The third-order valence-corrected chi connectivity index (χ3v) is 5.60. The van der Waals surface area contributed by atoms with E-state index < -0.39 is 0 Å². The summed E-state index contributed by atoms with van der Waals surface area (Å²) in [4.78, 5) is 20.9. The van der Waals surface area contributed by atoms with Crippen molar-refractivity contribution >= 4 is 11.3 Å². The van der Waals surface area contributed by atoms with Gasteiger partial charge in [0.2, 0.25) is 0 Å². The summed E-state index contributed by atoms with van der Waals surface area (Å²) in [5.41, 5.74) is 0.834. The van der Waals surface area contributed by atoms with Gasteiger partial charge in [-0.25, -0.2) is 9.67 Å². The van der Waals surface area contributed by atoms with Crippen molar-refractivity contribution < 1.29 is 0 Å². The lowest BCUT2D eigenvalue weighted by Crippen LogP contribution is -2.30. The lowest BCUT2D eigenvalue weighted by Gasteiger charge is -2.14. The molecule has 4 heterocycles. The summed E-state index contributed by atoms with van der Waals surface area (Å²) in [5.74, 6) is 0. The number of rotatable bonds is 6. The average molecular weight is 355 g/mol. The topological polar surface area (TPSA) is 56.0 Å². The van der Waals surface area contributed by atoms with E-state index in [1.165, 1.54) is 17.7 Å². The Hall–Kier alpha value is -2.25. The Balaban J connectivity index is 1.49. The summed E-state index contributed by atoms with van der Waals surface area (Å²) in [6, 6.07) is 7.64. The third-order valence-electron chi connectivity index (χ3n) is 4.51. The maximum atomic E-state index is 12.1. The van der Waals surface area contributed by atoms with Crippen molar-refractivity contribution in [2.75, 3.05) is 19.6 Å². The highest BCUT2D eigenvalue weighted by molar-refractivity contribution is 7.15. The molecule has 3 aromatic rings. The highest BCUT2D eigenvalue weighted by Gasteiger charge is 2.12. The first-order chi connectivity index (χ1) is 12.3. The number of nitrogens with zero attached hydrogens (tertiary/aromatic N) is 5. The molecule has 0 saturated carbocycles. The van der Waals surface area contributed by atoms with Gasteiger partial charge in [-0.2, -0.15) is 5.10 Å². The van der Waals surface area contributed by atoms with E-state index in [-0.39, 0.29) is 5.56 Å². The summed E-state index contributed by atoms with van der Waals surface area (Å²) in [5, 5.41) is 4.58. The number of aromatic nitrogens is 4. The molecule has 0 bridgehead atoms. The maximum Gasteiger partial charge on any atom is 0.266 e. The van der Waals surface area contributed by atoms with Crippen molar-refractivity contribution in [1.82, 2.24) is 24.2 Å². The molecule has 7 heteroatoms. The summed E-state index contributed by atoms with van der Waals surface area (Å²) in [6.45, 7) is 4.62. The van der Waals surface area contributed by atoms with E-state index in [1.807, 2.05) is 23.2 Å². The van der Waals surface area contributed by atoms with E-state index in [9.17, 15) is 4.79 Å². The van der Waals surface area contributed by atoms with Crippen LogP contribution in [0.5, 0.6) is 0 Å². The molecule has 0 radical (unpaired) electrons. The smallest absolute Gasteiger partial charge is 0.266 e. The predicted octanol–water partition coefficient (Wildman–Crippen LogP) is 2.31. The summed E-state index contributed by atoms with van der Waals surface area (Å²) in [6.07, 6.45) is 8.08. The molecule has 1 saturated heterocycles. The maximum absolute atomic E-state index is 12.1. The summed E-state index contributed by atoms with van der Waals surface area (Å²) in [7, 11) is 0. The zero-order chi connectivity index (χ0) is 17.1. The van der Waals surface area contributed by atoms with Crippen LogP contribution in [0.1, 0.15) is 17.7 Å². The Bertz CT molecular complexity index is 877. The van der Waals surface area contributed by atoms with Gasteiger partial charge in [0.15, 0.2) is 0 Å². The average Bonchev–Trinajstić information content (AvgIpc) is 3.37. The second kappa shape index (κ2) is 7.33. The van der Waals surface area contributed by atoms with Gasteiger partial charge in [0.1, 0.15) is 5.69 Å². The Morgan fingerprint density at radius 3 is 2.76 bits per heavy atom. The molecule has 6 nitrogen and oxygen atoms in total. The zero-order valence-corrected chi connectivity index (χ0v) is 14.9. The monoisotopic (exact) mass is 355 g/mol. The first-order valence-electron chi connectivity index (χ1n) is 8.63. The third kappa shape index (κ3) is 3.88.